The van der Waals surface area contributed by atoms with E-state index in [1.165, 1.54) is 32.0 Å². The molecule has 0 atom stereocenters. The van der Waals surface area contributed by atoms with Gasteiger partial charge in [-0.2, -0.15) is 16.7 Å². The summed E-state index contributed by atoms with van der Waals surface area (Å²) in [5.41, 5.74) is 6.42. The second kappa shape index (κ2) is 5.65. The highest BCUT2D eigenvalue weighted by atomic mass is 32.2. The van der Waals surface area contributed by atoms with Crippen LogP contribution in [0.5, 0.6) is 5.88 Å². The molecule has 1 aromatic heterocycles. The Morgan fingerprint density at radius 2 is 2.17 bits per heavy atom. The summed E-state index contributed by atoms with van der Waals surface area (Å²) in [7, 11) is 1.56. The lowest BCUT2D eigenvalue weighted by Gasteiger charge is -2.27. The maximum absolute atomic E-state index is 5.94. The van der Waals surface area contributed by atoms with Crippen LogP contribution in [-0.2, 0) is 0 Å². The zero-order valence-corrected chi connectivity index (χ0v) is 11.7. The Bertz CT molecular complexity index is 407. The summed E-state index contributed by atoms with van der Waals surface area (Å²) < 4.78 is 5.41. The van der Waals surface area contributed by atoms with Gasteiger partial charge in [0.25, 0.3) is 0 Å². The van der Waals surface area contributed by atoms with Crippen LogP contribution in [0.4, 0.5) is 11.5 Å². The molecule has 1 fully saturated rings. The van der Waals surface area contributed by atoms with Gasteiger partial charge in [-0.1, -0.05) is 12.8 Å². The fourth-order valence-electron chi connectivity index (χ4n) is 2.40. The highest BCUT2D eigenvalue weighted by Gasteiger charge is 2.32. The third-order valence-corrected chi connectivity index (χ3v) is 4.99. The summed E-state index contributed by atoms with van der Waals surface area (Å²) in [4.78, 5) is 8.15. The molecule has 3 N–H and O–H groups in total. The molecule has 1 heterocycles. The Morgan fingerprint density at radius 1 is 1.44 bits per heavy atom. The van der Waals surface area contributed by atoms with Crippen molar-refractivity contribution in [3.8, 4) is 5.88 Å². The monoisotopic (exact) mass is 268 g/mol. The zero-order valence-electron chi connectivity index (χ0n) is 10.9. The van der Waals surface area contributed by atoms with Gasteiger partial charge in [-0.25, -0.2) is 4.98 Å². The number of nitrogens with two attached hydrogens (primary N) is 1. The van der Waals surface area contributed by atoms with Gasteiger partial charge >= 0.3 is 0 Å². The predicted molar refractivity (Wildman–Crippen MR) is 76.2 cm³/mol. The summed E-state index contributed by atoms with van der Waals surface area (Å²) in [5, 5.41) is 3.34. The average Bonchev–Trinajstić information content (AvgIpc) is 2.87. The number of hydrogen-bond acceptors (Lipinski definition) is 6. The number of methoxy groups -OCH3 is 1. The van der Waals surface area contributed by atoms with Gasteiger partial charge in [0.15, 0.2) is 5.82 Å². The zero-order chi connectivity index (χ0) is 13.0. The number of nitrogens with zero attached hydrogens (tertiary/aromatic N) is 2. The maximum Gasteiger partial charge on any atom is 0.242 e. The first-order chi connectivity index (χ1) is 8.71. The normalized spacial score (nSPS) is 17.7. The molecular formula is C12H20N4OS. The smallest absolute Gasteiger partial charge is 0.242 e. The molecule has 1 aliphatic carbocycles. The van der Waals surface area contributed by atoms with Crippen molar-refractivity contribution in [1.82, 2.24) is 9.97 Å². The van der Waals surface area contributed by atoms with E-state index < -0.39 is 0 Å². The number of hydrogen-bond donors (Lipinski definition) is 2. The van der Waals surface area contributed by atoms with E-state index in [4.69, 9.17) is 10.5 Å². The average molecular weight is 268 g/mol. The summed E-state index contributed by atoms with van der Waals surface area (Å²) in [5.74, 6) is 1.10. The predicted octanol–water partition coefficient (Wildman–Crippen LogP) is 2.16. The van der Waals surface area contributed by atoms with Crippen LogP contribution in [0.1, 0.15) is 25.7 Å². The molecular weight excluding hydrogens is 248 g/mol. The highest BCUT2D eigenvalue weighted by molar-refractivity contribution is 8.00. The van der Waals surface area contributed by atoms with E-state index in [1.807, 2.05) is 11.8 Å². The van der Waals surface area contributed by atoms with Gasteiger partial charge in [0.2, 0.25) is 5.88 Å². The van der Waals surface area contributed by atoms with Crippen LogP contribution >= 0.6 is 11.8 Å². The van der Waals surface area contributed by atoms with E-state index in [0.717, 1.165) is 6.54 Å². The summed E-state index contributed by atoms with van der Waals surface area (Å²) in [6.45, 7) is 0.887. The molecule has 0 unspecified atom stereocenters. The lowest BCUT2D eigenvalue weighted by atomic mass is 10.1. The molecule has 0 bridgehead atoms. The van der Waals surface area contributed by atoms with Crippen LogP contribution in [0.3, 0.4) is 0 Å². The minimum Gasteiger partial charge on any atom is -0.479 e. The lowest BCUT2D eigenvalue weighted by molar-refractivity contribution is 0.399. The van der Waals surface area contributed by atoms with Gasteiger partial charge in [0, 0.05) is 11.3 Å². The Balaban J connectivity index is 2.05. The third kappa shape index (κ3) is 2.63. The molecule has 0 spiro atoms. The van der Waals surface area contributed by atoms with Crippen LogP contribution in [-0.4, -0.2) is 34.6 Å². The Hall–Kier alpha value is -1.17. The second-order valence-corrected chi connectivity index (χ2v) is 5.87. The SMILES string of the molecule is COc1ncnc(NCC2(SC)CCCC2)c1N. The summed E-state index contributed by atoms with van der Waals surface area (Å²) in [6.07, 6.45) is 8.78. The van der Waals surface area contributed by atoms with Gasteiger partial charge in [-0.05, 0) is 19.1 Å². The molecule has 6 heteroatoms. The number of anilines is 2. The topological polar surface area (TPSA) is 73.1 Å². The van der Waals surface area contributed by atoms with Crippen LogP contribution in [0, 0.1) is 0 Å². The minimum atomic E-state index is 0.324. The molecule has 0 aliphatic heterocycles. The van der Waals surface area contributed by atoms with Crippen molar-refractivity contribution in [3.05, 3.63) is 6.33 Å². The van der Waals surface area contributed by atoms with Crippen molar-refractivity contribution < 1.29 is 4.74 Å². The first-order valence-corrected chi connectivity index (χ1v) is 7.37. The molecule has 1 aromatic rings. The van der Waals surface area contributed by atoms with Crippen molar-refractivity contribution in [2.75, 3.05) is 31.0 Å². The fourth-order valence-corrected chi connectivity index (χ4v) is 3.31. The van der Waals surface area contributed by atoms with Crippen LogP contribution < -0.4 is 15.8 Å². The highest BCUT2D eigenvalue weighted by Crippen LogP contribution is 2.40. The first-order valence-electron chi connectivity index (χ1n) is 6.14. The van der Waals surface area contributed by atoms with Gasteiger partial charge in [-0.3, -0.25) is 0 Å². The lowest BCUT2D eigenvalue weighted by Crippen LogP contribution is -2.30. The first kappa shape index (κ1) is 13.3. The molecule has 18 heavy (non-hydrogen) atoms. The van der Waals surface area contributed by atoms with Crippen molar-refractivity contribution in [2.24, 2.45) is 0 Å². The summed E-state index contributed by atoms with van der Waals surface area (Å²) in [6, 6.07) is 0. The van der Waals surface area contributed by atoms with Gasteiger partial charge in [0.05, 0.1) is 7.11 Å². The Kier molecular flexibility index (Phi) is 4.16. The second-order valence-electron chi connectivity index (χ2n) is 4.59. The van der Waals surface area contributed by atoms with E-state index >= 15 is 0 Å². The van der Waals surface area contributed by atoms with Crippen molar-refractivity contribution in [2.45, 2.75) is 30.4 Å². The van der Waals surface area contributed by atoms with E-state index in [9.17, 15) is 0 Å². The van der Waals surface area contributed by atoms with E-state index in [1.54, 1.807) is 7.11 Å². The number of ether oxygens (including phenoxy) is 1. The number of rotatable bonds is 5. The van der Waals surface area contributed by atoms with Crippen LogP contribution in [0.25, 0.3) is 0 Å². The van der Waals surface area contributed by atoms with E-state index in [2.05, 4.69) is 21.5 Å². The van der Waals surface area contributed by atoms with Crippen molar-refractivity contribution >= 4 is 23.3 Å². The Morgan fingerprint density at radius 3 is 2.78 bits per heavy atom. The fraction of sp³-hybridized carbons (Fsp3) is 0.667. The molecule has 0 amide bonds. The Labute approximate surface area is 112 Å². The molecule has 0 aromatic carbocycles. The largest absolute Gasteiger partial charge is 0.479 e. The number of thioether (sulfide) groups is 1. The van der Waals surface area contributed by atoms with Crippen molar-refractivity contribution in [3.63, 3.8) is 0 Å². The molecule has 1 aliphatic rings. The van der Waals surface area contributed by atoms with Crippen molar-refractivity contribution in [1.29, 1.82) is 0 Å². The van der Waals surface area contributed by atoms with Gasteiger partial charge in [-0.15, -0.1) is 0 Å². The quantitative estimate of drug-likeness (QED) is 0.852. The summed E-state index contributed by atoms with van der Waals surface area (Å²) >= 11 is 1.94. The number of aromatic nitrogens is 2. The minimum absolute atomic E-state index is 0.324. The van der Waals surface area contributed by atoms with Crippen LogP contribution in [0.15, 0.2) is 6.33 Å². The van der Waals surface area contributed by atoms with E-state index in [0.29, 0.717) is 22.1 Å². The molecule has 1 saturated carbocycles. The maximum atomic E-state index is 5.94. The standard InChI is InChI=1S/C12H20N4OS/c1-17-11-9(13)10(15-8-16-11)14-7-12(18-2)5-3-4-6-12/h8H,3-7,13H2,1-2H3,(H,14,15,16). The molecule has 0 saturated heterocycles. The van der Waals surface area contributed by atoms with E-state index in [-0.39, 0.29) is 0 Å². The molecule has 5 nitrogen and oxygen atoms in total. The molecule has 0 radical (unpaired) electrons. The van der Waals surface area contributed by atoms with Gasteiger partial charge < -0.3 is 15.8 Å². The number of nitrogens with one attached hydrogen (secondary N) is 1. The number of nitrogen functional groups attached to an aromatic ring is 1. The molecule has 2 rings (SSSR count). The van der Waals surface area contributed by atoms with Gasteiger partial charge in [0.1, 0.15) is 12.0 Å². The molecule has 100 valence electrons. The van der Waals surface area contributed by atoms with Crippen LogP contribution in [0.2, 0.25) is 0 Å². The third-order valence-electron chi connectivity index (χ3n) is 3.57.